The summed E-state index contributed by atoms with van der Waals surface area (Å²) in [5.74, 6) is 2.41. The Hall–Kier alpha value is -1.36. The van der Waals surface area contributed by atoms with Crippen LogP contribution in [0.25, 0.3) is 0 Å². The number of rotatable bonds is 7. The van der Waals surface area contributed by atoms with Crippen molar-refractivity contribution in [3.63, 3.8) is 0 Å². The molecule has 3 N–H and O–H groups in total. The molecule has 1 aliphatic rings. The molecule has 2 heterocycles. The second-order valence-electron chi connectivity index (χ2n) is 5.57. The Bertz CT molecular complexity index is 374. The molecule has 0 amide bonds. The molecule has 0 saturated carbocycles. The average molecular weight is 263 g/mol. The van der Waals surface area contributed by atoms with Crippen LogP contribution < -0.4 is 16.0 Å². The van der Waals surface area contributed by atoms with Crippen LogP contribution in [0.5, 0.6) is 0 Å². The third kappa shape index (κ3) is 5.03. The van der Waals surface area contributed by atoms with Crippen LogP contribution in [0.15, 0.2) is 12.4 Å². The first kappa shape index (κ1) is 14.1. The lowest BCUT2D eigenvalue weighted by Gasteiger charge is -2.12. The first-order valence-electron chi connectivity index (χ1n) is 7.27. The van der Waals surface area contributed by atoms with Gasteiger partial charge in [-0.25, -0.2) is 9.97 Å². The van der Waals surface area contributed by atoms with E-state index in [1.807, 2.05) is 6.07 Å². The Kier molecular flexibility index (Phi) is 5.39. The molecule has 1 aromatic rings. The normalized spacial score (nSPS) is 18.8. The summed E-state index contributed by atoms with van der Waals surface area (Å²) in [6, 6.07) is 2.65. The largest absolute Gasteiger partial charge is 0.370 e. The van der Waals surface area contributed by atoms with Gasteiger partial charge in [0, 0.05) is 25.2 Å². The van der Waals surface area contributed by atoms with Crippen LogP contribution in [0.2, 0.25) is 0 Å². The molecular weight excluding hydrogens is 238 g/mol. The lowest BCUT2D eigenvalue weighted by Crippen LogP contribution is -2.24. The number of nitrogens with one attached hydrogen (secondary N) is 3. The molecular formula is C14H25N5. The van der Waals surface area contributed by atoms with Gasteiger partial charge in [-0.3, -0.25) is 0 Å². The number of anilines is 2. The minimum absolute atomic E-state index is 0.611. The molecule has 1 aromatic heterocycles. The summed E-state index contributed by atoms with van der Waals surface area (Å²) < 4.78 is 0. The third-order valence-electron chi connectivity index (χ3n) is 3.32. The lowest BCUT2D eigenvalue weighted by atomic mass is 10.1. The molecule has 0 spiro atoms. The van der Waals surface area contributed by atoms with Crippen LogP contribution in [0.4, 0.5) is 11.6 Å². The van der Waals surface area contributed by atoms with Gasteiger partial charge in [0.05, 0.1) is 0 Å². The van der Waals surface area contributed by atoms with E-state index in [1.165, 1.54) is 19.4 Å². The SMILES string of the molecule is CC(C)CNc1cc(NCCC2CCCN2)ncn1. The quantitative estimate of drug-likeness (QED) is 0.703. The molecule has 5 heteroatoms. The summed E-state index contributed by atoms with van der Waals surface area (Å²) in [6.07, 6.45) is 5.37. The summed E-state index contributed by atoms with van der Waals surface area (Å²) in [7, 11) is 0. The molecule has 1 unspecified atom stereocenters. The minimum Gasteiger partial charge on any atom is -0.370 e. The molecule has 5 nitrogen and oxygen atoms in total. The zero-order chi connectivity index (χ0) is 13.5. The van der Waals surface area contributed by atoms with E-state index in [-0.39, 0.29) is 0 Å². The van der Waals surface area contributed by atoms with E-state index in [4.69, 9.17) is 0 Å². The van der Waals surface area contributed by atoms with Crippen LogP contribution in [-0.4, -0.2) is 35.6 Å². The standard InChI is InChI=1S/C14H25N5/c1-11(2)9-17-14-8-13(18-10-19-14)16-7-5-12-4-3-6-15-12/h8,10-12,15H,3-7,9H2,1-2H3,(H2,16,17,18,19). The van der Waals surface area contributed by atoms with Crippen molar-refractivity contribution in [2.24, 2.45) is 5.92 Å². The van der Waals surface area contributed by atoms with Crippen molar-refractivity contribution in [1.29, 1.82) is 0 Å². The Morgan fingerprint density at radius 1 is 1.32 bits per heavy atom. The molecule has 0 radical (unpaired) electrons. The number of nitrogens with zero attached hydrogens (tertiary/aromatic N) is 2. The zero-order valence-electron chi connectivity index (χ0n) is 11.9. The smallest absolute Gasteiger partial charge is 0.131 e. The van der Waals surface area contributed by atoms with Gasteiger partial charge in [0.25, 0.3) is 0 Å². The van der Waals surface area contributed by atoms with E-state index in [9.17, 15) is 0 Å². The lowest BCUT2D eigenvalue weighted by molar-refractivity contribution is 0.574. The minimum atomic E-state index is 0.611. The molecule has 1 fully saturated rings. The molecule has 0 bridgehead atoms. The highest BCUT2D eigenvalue weighted by Gasteiger charge is 2.12. The van der Waals surface area contributed by atoms with Gasteiger partial charge < -0.3 is 16.0 Å². The van der Waals surface area contributed by atoms with Crippen molar-refractivity contribution in [3.8, 4) is 0 Å². The van der Waals surface area contributed by atoms with Crippen LogP contribution in [0, 0.1) is 5.92 Å². The summed E-state index contributed by atoms with van der Waals surface area (Å²) in [6.45, 7) is 7.42. The highest BCUT2D eigenvalue weighted by molar-refractivity contribution is 5.46. The number of aromatic nitrogens is 2. The molecule has 106 valence electrons. The highest BCUT2D eigenvalue weighted by Crippen LogP contribution is 2.11. The third-order valence-corrected chi connectivity index (χ3v) is 3.32. The van der Waals surface area contributed by atoms with Gasteiger partial charge in [0.2, 0.25) is 0 Å². The molecule has 19 heavy (non-hydrogen) atoms. The maximum atomic E-state index is 4.25. The monoisotopic (exact) mass is 263 g/mol. The van der Waals surface area contributed by atoms with Crippen molar-refractivity contribution in [3.05, 3.63) is 12.4 Å². The van der Waals surface area contributed by atoms with E-state index in [0.29, 0.717) is 12.0 Å². The van der Waals surface area contributed by atoms with Gasteiger partial charge >= 0.3 is 0 Å². The predicted molar refractivity (Wildman–Crippen MR) is 79.5 cm³/mol. The fraction of sp³-hybridized carbons (Fsp3) is 0.714. The topological polar surface area (TPSA) is 61.9 Å². The van der Waals surface area contributed by atoms with Crippen LogP contribution in [-0.2, 0) is 0 Å². The van der Waals surface area contributed by atoms with Gasteiger partial charge in [-0.05, 0) is 31.7 Å². The summed E-state index contributed by atoms with van der Waals surface area (Å²) in [5.41, 5.74) is 0. The Morgan fingerprint density at radius 3 is 2.79 bits per heavy atom. The van der Waals surface area contributed by atoms with Gasteiger partial charge in [-0.1, -0.05) is 13.8 Å². The Morgan fingerprint density at radius 2 is 2.11 bits per heavy atom. The summed E-state index contributed by atoms with van der Waals surface area (Å²) >= 11 is 0. The van der Waals surface area contributed by atoms with E-state index >= 15 is 0 Å². The van der Waals surface area contributed by atoms with Crippen LogP contribution in [0.1, 0.15) is 33.1 Å². The van der Waals surface area contributed by atoms with Gasteiger partial charge in [-0.15, -0.1) is 0 Å². The van der Waals surface area contributed by atoms with Crippen molar-refractivity contribution in [2.45, 2.75) is 39.2 Å². The average Bonchev–Trinajstić information content (AvgIpc) is 2.90. The van der Waals surface area contributed by atoms with E-state index < -0.39 is 0 Å². The van der Waals surface area contributed by atoms with Crippen molar-refractivity contribution in [2.75, 3.05) is 30.3 Å². The molecule has 1 atom stereocenters. The maximum absolute atomic E-state index is 4.25. The molecule has 0 aromatic carbocycles. The maximum Gasteiger partial charge on any atom is 0.131 e. The van der Waals surface area contributed by atoms with E-state index in [1.54, 1.807) is 6.33 Å². The number of hydrogen-bond acceptors (Lipinski definition) is 5. The second-order valence-corrected chi connectivity index (χ2v) is 5.57. The number of hydrogen-bond donors (Lipinski definition) is 3. The molecule has 0 aliphatic carbocycles. The summed E-state index contributed by atoms with van der Waals surface area (Å²) in [5, 5.41) is 10.2. The zero-order valence-corrected chi connectivity index (χ0v) is 11.9. The fourth-order valence-electron chi connectivity index (χ4n) is 2.24. The molecule has 2 rings (SSSR count). The summed E-state index contributed by atoms with van der Waals surface area (Å²) in [4.78, 5) is 8.47. The first-order valence-corrected chi connectivity index (χ1v) is 7.27. The Balaban J connectivity index is 1.74. The van der Waals surface area contributed by atoms with Gasteiger partial charge in [0.15, 0.2) is 0 Å². The van der Waals surface area contributed by atoms with Crippen molar-refractivity contribution in [1.82, 2.24) is 15.3 Å². The molecule has 1 saturated heterocycles. The van der Waals surface area contributed by atoms with E-state index in [0.717, 1.165) is 31.1 Å². The van der Waals surface area contributed by atoms with Gasteiger partial charge in [-0.2, -0.15) is 0 Å². The predicted octanol–water partition coefficient (Wildman–Crippen LogP) is 2.10. The second kappa shape index (κ2) is 7.28. The Labute approximate surface area is 115 Å². The van der Waals surface area contributed by atoms with Gasteiger partial charge in [0.1, 0.15) is 18.0 Å². The first-order chi connectivity index (χ1) is 9.24. The van der Waals surface area contributed by atoms with Crippen molar-refractivity contribution >= 4 is 11.6 Å². The van der Waals surface area contributed by atoms with E-state index in [2.05, 4.69) is 39.8 Å². The van der Waals surface area contributed by atoms with Crippen molar-refractivity contribution < 1.29 is 0 Å². The fourth-order valence-corrected chi connectivity index (χ4v) is 2.24. The van der Waals surface area contributed by atoms with Crippen LogP contribution in [0.3, 0.4) is 0 Å². The highest BCUT2D eigenvalue weighted by atomic mass is 15.1. The van der Waals surface area contributed by atoms with Crippen LogP contribution >= 0.6 is 0 Å². The molecule has 1 aliphatic heterocycles.